The van der Waals surface area contributed by atoms with Crippen LogP contribution in [0.4, 0.5) is 0 Å². The normalized spacial score (nSPS) is 19.2. The summed E-state index contributed by atoms with van der Waals surface area (Å²) < 4.78 is 5.72. The van der Waals surface area contributed by atoms with E-state index in [9.17, 15) is 24.8 Å². The molecular weight excluding hydrogens is 458 g/mol. The number of hydrogen-bond acceptors (Lipinski definition) is 9. The standard InChI is InChI=1S/C23H33N5O7/c1-23(2,14-25-21(30)10-15-6-3-4-8-19(15)35-28(32)33)26-11-16(29)13-34-20-9-5-7-18-17(20)12-24-22(31)27-18/h5,7,9,12,15-16,19,26,29H,3-4,6,8,10-11,13-14H2,1-2H3,(H,25,30)(H,24,27,31)/t15-,16?,19+/m0/s1. The number of amides is 1. The molecule has 0 bridgehead atoms. The highest BCUT2D eigenvalue weighted by atomic mass is 17.0. The third kappa shape index (κ3) is 8.18. The molecule has 35 heavy (non-hydrogen) atoms. The van der Waals surface area contributed by atoms with E-state index in [-0.39, 0.29) is 31.4 Å². The van der Waals surface area contributed by atoms with Crippen LogP contribution >= 0.6 is 0 Å². The number of carbonyl (C=O) groups excluding carboxylic acids is 1. The van der Waals surface area contributed by atoms with Gasteiger partial charge in [0.25, 0.3) is 5.09 Å². The van der Waals surface area contributed by atoms with Gasteiger partial charge in [-0.15, -0.1) is 10.1 Å². The average molecular weight is 492 g/mol. The van der Waals surface area contributed by atoms with Crippen LogP contribution in [0.1, 0.15) is 46.0 Å². The summed E-state index contributed by atoms with van der Waals surface area (Å²) in [5, 5.41) is 27.0. The van der Waals surface area contributed by atoms with E-state index < -0.39 is 28.5 Å². The zero-order chi connectivity index (χ0) is 25.4. The van der Waals surface area contributed by atoms with E-state index in [2.05, 4.69) is 20.6 Å². The summed E-state index contributed by atoms with van der Waals surface area (Å²) in [6.45, 7) is 4.35. The maximum Gasteiger partial charge on any atom is 0.345 e. The highest BCUT2D eigenvalue weighted by Crippen LogP contribution is 2.29. The number of ether oxygens (including phenoxy) is 1. The van der Waals surface area contributed by atoms with Crippen LogP contribution in [-0.4, -0.2) is 63.5 Å². The third-order valence-corrected chi connectivity index (χ3v) is 6.10. The molecular formula is C23H33N5O7. The Bertz CT molecular complexity index is 1070. The maximum absolute atomic E-state index is 12.5. The molecule has 12 heteroatoms. The predicted octanol–water partition coefficient (Wildman–Crippen LogP) is 1.30. The predicted molar refractivity (Wildman–Crippen MR) is 127 cm³/mol. The first-order valence-corrected chi connectivity index (χ1v) is 11.7. The summed E-state index contributed by atoms with van der Waals surface area (Å²) in [4.78, 5) is 45.7. The molecule has 1 unspecified atom stereocenters. The number of β-amino-alcohol motifs (C(OH)–C–C–N with tert-alkyl or cyclic N) is 1. The van der Waals surface area contributed by atoms with Crippen molar-refractivity contribution in [2.75, 3.05) is 19.7 Å². The molecule has 0 saturated heterocycles. The fraction of sp³-hybridized carbons (Fsp3) is 0.609. The number of aliphatic hydroxyl groups excluding tert-OH is 1. The van der Waals surface area contributed by atoms with Crippen molar-refractivity contribution in [1.29, 1.82) is 0 Å². The second kappa shape index (κ2) is 11.9. The van der Waals surface area contributed by atoms with Crippen molar-refractivity contribution in [2.45, 2.75) is 63.7 Å². The molecule has 1 amide bonds. The summed E-state index contributed by atoms with van der Waals surface area (Å²) in [5.41, 5.74) is -0.365. The SMILES string of the molecule is CC(C)(CNC(=O)C[C@@H]1CCCC[C@H]1O[N+](=O)[O-])NCC(O)COc1cccc2[nH]c(=O)ncc12. The lowest BCUT2D eigenvalue weighted by Crippen LogP contribution is -2.52. The quantitative estimate of drug-likeness (QED) is 0.252. The molecule has 1 saturated carbocycles. The maximum atomic E-state index is 12.5. The average Bonchev–Trinajstić information content (AvgIpc) is 2.81. The molecule has 2 aromatic rings. The molecule has 12 nitrogen and oxygen atoms in total. The molecule has 1 aromatic carbocycles. The molecule has 1 fully saturated rings. The Morgan fingerprint density at radius 3 is 2.91 bits per heavy atom. The summed E-state index contributed by atoms with van der Waals surface area (Å²) in [6, 6.07) is 5.21. The summed E-state index contributed by atoms with van der Waals surface area (Å²) in [5.74, 6) is 0.139. The zero-order valence-corrected chi connectivity index (χ0v) is 20.0. The topological polar surface area (TPSA) is 169 Å². The summed E-state index contributed by atoms with van der Waals surface area (Å²) in [6.07, 6.45) is 3.34. The lowest BCUT2D eigenvalue weighted by Gasteiger charge is -2.31. The Labute approximate surface area is 202 Å². The van der Waals surface area contributed by atoms with Gasteiger partial charge in [0.15, 0.2) is 0 Å². The van der Waals surface area contributed by atoms with Gasteiger partial charge in [0, 0.05) is 31.2 Å². The number of aromatic nitrogens is 2. The number of carbonyl (C=O) groups is 1. The number of nitrogens with one attached hydrogen (secondary N) is 3. The number of nitrogens with zero attached hydrogens (tertiary/aromatic N) is 2. The van der Waals surface area contributed by atoms with Crippen LogP contribution < -0.4 is 21.1 Å². The van der Waals surface area contributed by atoms with Gasteiger partial charge in [-0.05, 0) is 44.7 Å². The van der Waals surface area contributed by atoms with Gasteiger partial charge in [-0.3, -0.25) is 4.79 Å². The van der Waals surface area contributed by atoms with Gasteiger partial charge in [0.1, 0.15) is 24.6 Å². The number of benzene rings is 1. The fourth-order valence-electron chi connectivity index (χ4n) is 4.17. The van der Waals surface area contributed by atoms with Crippen molar-refractivity contribution in [3.05, 3.63) is 45.0 Å². The number of hydrogen-bond donors (Lipinski definition) is 4. The van der Waals surface area contributed by atoms with Crippen LogP contribution in [0.25, 0.3) is 10.9 Å². The molecule has 0 aliphatic heterocycles. The third-order valence-electron chi connectivity index (χ3n) is 6.10. The number of aliphatic hydroxyl groups is 1. The summed E-state index contributed by atoms with van der Waals surface area (Å²) in [7, 11) is 0. The van der Waals surface area contributed by atoms with Crippen molar-refractivity contribution >= 4 is 16.8 Å². The van der Waals surface area contributed by atoms with Crippen LogP contribution in [0.15, 0.2) is 29.2 Å². The van der Waals surface area contributed by atoms with Gasteiger partial charge < -0.3 is 30.3 Å². The minimum atomic E-state index is -0.821. The van der Waals surface area contributed by atoms with E-state index in [1.807, 2.05) is 13.8 Å². The van der Waals surface area contributed by atoms with Gasteiger partial charge in [-0.25, -0.2) is 9.78 Å². The number of aromatic amines is 1. The molecule has 0 spiro atoms. The number of fused-ring (bicyclic) bond motifs is 1. The van der Waals surface area contributed by atoms with Gasteiger partial charge in [0.05, 0.1) is 10.9 Å². The van der Waals surface area contributed by atoms with E-state index in [4.69, 9.17) is 9.57 Å². The highest BCUT2D eigenvalue weighted by Gasteiger charge is 2.30. The smallest absolute Gasteiger partial charge is 0.345 e. The lowest BCUT2D eigenvalue weighted by molar-refractivity contribution is -0.771. The molecule has 1 aliphatic carbocycles. The fourth-order valence-corrected chi connectivity index (χ4v) is 4.17. The minimum absolute atomic E-state index is 0.0210. The van der Waals surface area contributed by atoms with E-state index >= 15 is 0 Å². The van der Waals surface area contributed by atoms with E-state index in [1.165, 1.54) is 6.20 Å². The Kier molecular flexibility index (Phi) is 8.99. The molecule has 3 atom stereocenters. The molecule has 1 aromatic heterocycles. The molecule has 3 rings (SSSR count). The van der Waals surface area contributed by atoms with Crippen molar-refractivity contribution in [2.24, 2.45) is 5.92 Å². The lowest BCUT2D eigenvalue weighted by atomic mass is 9.84. The van der Waals surface area contributed by atoms with E-state index in [0.29, 0.717) is 29.6 Å². The van der Waals surface area contributed by atoms with Crippen LogP contribution in [-0.2, 0) is 9.63 Å². The van der Waals surface area contributed by atoms with Crippen LogP contribution in [0.5, 0.6) is 5.75 Å². The van der Waals surface area contributed by atoms with Crippen molar-refractivity contribution < 1.29 is 24.6 Å². The Morgan fingerprint density at radius 1 is 1.37 bits per heavy atom. The van der Waals surface area contributed by atoms with E-state index in [0.717, 1.165) is 19.3 Å². The Morgan fingerprint density at radius 2 is 2.14 bits per heavy atom. The number of rotatable bonds is 12. The first kappa shape index (κ1) is 26.4. The van der Waals surface area contributed by atoms with Gasteiger partial charge in [-0.1, -0.05) is 18.9 Å². The Balaban J connectivity index is 1.41. The van der Waals surface area contributed by atoms with Crippen molar-refractivity contribution in [1.82, 2.24) is 20.6 Å². The summed E-state index contributed by atoms with van der Waals surface area (Å²) >= 11 is 0. The number of H-pyrrole nitrogens is 1. The second-order valence-corrected chi connectivity index (χ2v) is 9.53. The van der Waals surface area contributed by atoms with Crippen molar-refractivity contribution in [3.63, 3.8) is 0 Å². The van der Waals surface area contributed by atoms with Gasteiger partial charge >= 0.3 is 5.69 Å². The molecule has 1 heterocycles. The first-order chi connectivity index (χ1) is 16.6. The monoisotopic (exact) mass is 491 g/mol. The molecule has 1 aliphatic rings. The van der Waals surface area contributed by atoms with Gasteiger partial charge in [0.2, 0.25) is 5.91 Å². The first-order valence-electron chi connectivity index (χ1n) is 11.7. The Hall–Kier alpha value is -3.25. The van der Waals surface area contributed by atoms with Crippen LogP contribution in [0.3, 0.4) is 0 Å². The zero-order valence-electron chi connectivity index (χ0n) is 20.0. The van der Waals surface area contributed by atoms with Gasteiger partial charge in [-0.2, -0.15) is 0 Å². The highest BCUT2D eigenvalue weighted by molar-refractivity contribution is 5.83. The van der Waals surface area contributed by atoms with E-state index in [1.54, 1.807) is 18.2 Å². The molecule has 4 N–H and O–H groups in total. The van der Waals surface area contributed by atoms with Crippen LogP contribution in [0.2, 0.25) is 0 Å². The minimum Gasteiger partial charge on any atom is -0.490 e. The van der Waals surface area contributed by atoms with Crippen LogP contribution in [0, 0.1) is 16.0 Å². The van der Waals surface area contributed by atoms with Crippen molar-refractivity contribution in [3.8, 4) is 5.75 Å². The largest absolute Gasteiger partial charge is 0.490 e. The second-order valence-electron chi connectivity index (χ2n) is 9.53. The molecule has 192 valence electrons. The molecule has 0 radical (unpaired) electrons.